The van der Waals surface area contributed by atoms with Gasteiger partial charge in [-0.25, -0.2) is 0 Å². The summed E-state index contributed by atoms with van der Waals surface area (Å²) in [7, 11) is 0. The lowest BCUT2D eigenvalue weighted by molar-refractivity contribution is -0.140. The Kier molecular flexibility index (Phi) is 4.61. The zero-order chi connectivity index (χ0) is 13.9. The van der Waals surface area contributed by atoms with Gasteiger partial charge in [0.1, 0.15) is 0 Å². The Labute approximate surface area is 115 Å². The highest BCUT2D eigenvalue weighted by atomic mass is 16.2. The molecule has 0 radical (unpaired) electrons. The highest BCUT2D eigenvalue weighted by molar-refractivity contribution is 6.05. The van der Waals surface area contributed by atoms with Crippen molar-refractivity contribution in [2.75, 3.05) is 13.1 Å². The summed E-state index contributed by atoms with van der Waals surface area (Å²) in [5.41, 5.74) is -0.501. The predicted molar refractivity (Wildman–Crippen MR) is 74.6 cm³/mol. The van der Waals surface area contributed by atoms with Crippen molar-refractivity contribution in [3.8, 4) is 0 Å². The van der Waals surface area contributed by atoms with Gasteiger partial charge in [-0.05, 0) is 12.8 Å². The number of amides is 2. The molecule has 1 saturated heterocycles. The lowest BCUT2D eigenvalue weighted by Gasteiger charge is -2.20. The van der Waals surface area contributed by atoms with Crippen molar-refractivity contribution in [1.82, 2.24) is 10.2 Å². The fourth-order valence-corrected chi connectivity index (χ4v) is 3.12. The van der Waals surface area contributed by atoms with Gasteiger partial charge in [-0.2, -0.15) is 0 Å². The van der Waals surface area contributed by atoms with Gasteiger partial charge in [-0.3, -0.25) is 14.5 Å². The predicted octanol–water partition coefficient (Wildman–Crippen LogP) is 2.08. The van der Waals surface area contributed by atoms with Gasteiger partial charge in [-0.15, -0.1) is 0 Å². The van der Waals surface area contributed by atoms with Crippen LogP contribution in [0.1, 0.15) is 58.8 Å². The van der Waals surface area contributed by atoms with Crippen molar-refractivity contribution < 1.29 is 9.59 Å². The van der Waals surface area contributed by atoms with Gasteiger partial charge in [0, 0.05) is 25.6 Å². The summed E-state index contributed by atoms with van der Waals surface area (Å²) in [6.07, 6.45) is 8.10. The van der Waals surface area contributed by atoms with Crippen LogP contribution in [0.4, 0.5) is 0 Å². The second-order valence-electron chi connectivity index (χ2n) is 6.55. The molecule has 1 heterocycles. The normalized spacial score (nSPS) is 24.8. The Bertz CT molecular complexity index is 344. The van der Waals surface area contributed by atoms with E-state index in [0.29, 0.717) is 19.0 Å². The monoisotopic (exact) mass is 266 g/mol. The van der Waals surface area contributed by atoms with Crippen molar-refractivity contribution in [3.63, 3.8) is 0 Å². The number of carbonyl (C=O) groups is 2. The molecule has 2 amide bonds. The van der Waals surface area contributed by atoms with Crippen molar-refractivity contribution in [1.29, 1.82) is 0 Å². The molecule has 0 unspecified atom stereocenters. The second kappa shape index (κ2) is 6.04. The molecule has 0 bridgehead atoms. The third-order valence-corrected chi connectivity index (χ3v) is 4.34. The summed E-state index contributed by atoms with van der Waals surface area (Å²) in [6, 6.07) is 0.573. The van der Waals surface area contributed by atoms with Gasteiger partial charge in [0.05, 0.1) is 5.41 Å². The van der Waals surface area contributed by atoms with Gasteiger partial charge in [0.2, 0.25) is 11.8 Å². The van der Waals surface area contributed by atoms with E-state index in [-0.39, 0.29) is 11.8 Å². The fraction of sp³-hybridized carbons (Fsp3) is 0.867. The third kappa shape index (κ3) is 3.56. The Hall–Kier alpha value is -0.900. The maximum Gasteiger partial charge on any atom is 0.235 e. The molecule has 0 aromatic rings. The Morgan fingerprint density at radius 1 is 1.16 bits per heavy atom. The molecule has 19 heavy (non-hydrogen) atoms. The number of rotatable bonds is 4. The molecule has 1 aliphatic carbocycles. The highest BCUT2D eigenvalue weighted by Crippen LogP contribution is 2.31. The van der Waals surface area contributed by atoms with Crippen LogP contribution in [0.2, 0.25) is 0 Å². The largest absolute Gasteiger partial charge is 0.312 e. The average molecular weight is 266 g/mol. The molecule has 2 rings (SSSR count). The van der Waals surface area contributed by atoms with Crippen LogP contribution < -0.4 is 5.32 Å². The summed E-state index contributed by atoms with van der Waals surface area (Å²) in [6.45, 7) is 4.97. The first-order chi connectivity index (χ1) is 9.00. The molecule has 0 atom stereocenters. The average Bonchev–Trinajstić information content (AvgIpc) is 2.56. The molecule has 0 spiro atoms. The first kappa shape index (κ1) is 14.5. The van der Waals surface area contributed by atoms with Crippen molar-refractivity contribution in [2.24, 2.45) is 5.41 Å². The number of hydrogen-bond donors (Lipinski definition) is 1. The van der Waals surface area contributed by atoms with E-state index in [0.717, 1.165) is 6.54 Å². The van der Waals surface area contributed by atoms with Crippen LogP contribution >= 0.6 is 0 Å². The molecular weight excluding hydrogens is 240 g/mol. The molecule has 4 nitrogen and oxygen atoms in total. The maximum atomic E-state index is 12.1. The third-order valence-electron chi connectivity index (χ3n) is 4.34. The maximum absolute atomic E-state index is 12.1. The fourth-order valence-electron chi connectivity index (χ4n) is 3.12. The summed E-state index contributed by atoms with van der Waals surface area (Å²) < 4.78 is 0. The lowest BCUT2D eigenvalue weighted by Crippen LogP contribution is -2.40. The molecule has 4 heteroatoms. The van der Waals surface area contributed by atoms with Crippen LogP contribution in [0.25, 0.3) is 0 Å². The molecular formula is C15H26N2O2. The van der Waals surface area contributed by atoms with E-state index in [2.05, 4.69) is 5.32 Å². The molecule has 0 aromatic carbocycles. The summed E-state index contributed by atoms with van der Waals surface area (Å²) >= 11 is 0. The second-order valence-corrected chi connectivity index (χ2v) is 6.55. The van der Waals surface area contributed by atoms with Crippen LogP contribution in [0.3, 0.4) is 0 Å². The Morgan fingerprint density at radius 3 is 2.32 bits per heavy atom. The van der Waals surface area contributed by atoms with Crippen LogP contribution in [-0.4, -0.2) is 35.8 Å². The van der Waals surface area contributed by atoms with Crippen LogP contribution in [-0.2, 0) is 9.59 Å². The van der Waals surface area contributed by atoms with E-state index in [9.17, 15) is 9.59 Å². The van der Waals surface area contributed by atoms with Crippen LogP contribution in [0.15, 0.2) is 0 Å². The van der Waals surface area contributed by atoms with E-state index >= 15 is 0 Å². The zero-order valence-corrected chi connectivity index (χ0v) is 12.2. The molecule has 1 saturated carbocycles. The van der Waals surface area contributed by atoms with Gasteiger partial charge in [0.15, 0.2) is 0 Å². The molecule has 0 aromatic heterocycles. The molecule has 1 N–H and O–H groups in total. The van der Waals surface area contributed by atoms with Crippen molar-refractivity contribution >= 4 is 11.8 Å². The first-order valence-electron chi connectivity index (χ1n) is 7.59. The topological polar surface area (TPSA) is 49.4 Å². The Morgan fingerprint density at radius 2 is 1.79 bits per heavy atom. The summed E-state index contributed by atoms with van der Waals surface area (Å²) in [5, 5.41) is 3.51. The van der Waals surface area contributed by atoms with E-state index in [1.165, 1.54) is 43.4 Å². The number of nitrogens with zero attached hydrogens (tertiary/aromatic N) is 1. The number of hydrogen-bond acceptors (Lipinski definition) is 3. The Balaban J connectivity index is 1.76. The number of imide groups is 1. The number of nitrogens with one attached hydrogen (secondary N) is 1. The van der Waals surface area contributed by atoms with Crippen molar-refractivity contribution in [2.45, 2.75) is 64.8 Å². The minimum Gasteiger partial charge on any atom is -0.312 e. The van der Waals surface area contributed by atoms with Gasteiger partial charge in [-0.1, -0.05) is 39.5 Å². The minimum atomic E-state index is -0.501. The van der Waals surface area contributed by atoms with E-state index in [4.69, 9.17) is 0 Å². The number of likely N-dealkylation sites (tertiary alicyclic amines) is 1. The summed E-state index contributed by atoms with van der Waals surface area (Å²) in [5.74, 6) is -0.0298. The zero-order valence-electron chi connectivity index (χ0n) is 12.2. The van der Waals surface area contributed by atoms with E-state index in [1.54, 1.807) is 0 Å². The van der Waals surface area contributed by atoms with Gasteiger partial charge < -0.3 is 5.32 Å². The SMILES string of the molecule is CC1(C)CC(=O)N(CCNC2CCCCCC2)C1=O. The van der Waals surface area contributed by atoms with Crippen LogP contribution in [0, 0.1) is 5.41 Å². The highest BCUT2D eigenvalue weighted by Gasteiger charge is 2.44. The number of carbonyl (C=O) groups excluding carboxylic acids is 2. The standard InChI is InChI=1S/C15H26N2O2/c1-15(2)11-13(18)17(14(15)19)10-9-16-12-7-5-3-4-6-8-12/h12,16H,3-11H2,1-2H3. The molecule has 2 aliphatic rings. The smallest absolute Gasteiger partial charge is 0.235 e. The van der Waals surface area contributed by atoms with Crippen molar-refractivity contribution in [3.05, 3.63) is 0 Å². The van der Waals surface area contributed by atoms with E-state index < -0.39 is 5.41 Å². The molecule has 1 aliphatic heterocycles. The summed E-state index contributed by atoms with van der Waals surface area (Å²) in [4.78, 5) is 25.3. The quantitative estimate of drug-likeness (QED) is 0.626. The minimum absolute atomic E-state index is 0.0137. The van der Waals surface area contributed by atoms with Crippen LogP contribution in [0.5, 0.6) is 0 Å². The molecule has 108 valence electrons. The van der Waals surface area contributed by atoms with Gasteiger partial charge in [0.25, 0.3) is 0 Å². The molecule has 2 fully saturated rings. The first-order valence-corrected chi connectivity index (χ1v) is 7.59. The van der Waals surface area contributed by atoms with Gasteiger partial charge >= 0.3 is 0 Å². The lowest BCUT2D eigenvalue weighted by atomic mass is 9.92. The van der Waals surface area contributed by atoms with E-state index in [1.807, 2.05) is 13.8 Å².